The van der Waals surface area contributed by atoms with E-state index in [1.807, 2.05) is 25.1 Å². The van der Waals surface area contributed by atoms with Crippen LogP contribution >= 0.6 is 0 Å². The molecule has 1 aromatic carbocycles. The molecule has 3 atom stereocenters. The Kier molecular flexibility index (Phi) is 10.8. The Balaban J connectivity index is 1.89. The van der Waals surface area contributed by atoms with E-state index in [4.69, 9.17) is 0 Å². The van der Waals surface area contributed by atoms with Crippen molar-refractivity contribution in [2.24, 2.45) is 4.99 Å². The third kappa shape index (κ3) is 8.89. The molecule has 1 fully saturated rings. The maximum Gasteiger partial charge on any atom is 0.243 e. The van der Waals surface area contributed by atoms with Gasteiger partial charge in [0.2, 0.25) is 5.91 Å². The summed E-state index contributed by atoms with van der Waals surface area (Å²) in [6.45, 7) is 3.78. The molecule has 0 spiro atoms. The van der Waals surface area contributed by atoms with E-state index in [2.05, 4.69) is 39.7 Å². The Morgan fingerprint density at radius 1 is 1.19 bits per heavy atom. The van der Waals surface area contributed by atoms with Crippen LogP contribution in [0.4, 0.5) is 5.69 Å². The maximum absolute atomic E-state index is 12.3. The van der Waals surface area contributed by atoms with Crippen molar-refractivity contribution in [2.75, 3.05) is 51.4 Å². The highest BCUT2D eigenvalue weighted by atomic mass is 32.2. The smallest absolute Gasteiger partial charge is 0.243 e. The molecule has 174 valence electrons. The van der Waals surface area contributed by atoms with Crippen molar-refractivity contribution in [3.63, 3.8) is 0 Å². The molecule has 3 unspecified atom stereocenters. The number of aliphatic imine (C=N–C) groups is 1. The molecule has 1 aromatic rings. The first-order valence-corrected chi connectivity index (χ1v) is 12.7. The molecule has 7 nitrogen and oxygen atoms in total. The fourth-order valence-corrected chi connectivity index (χ4v) is 5.07. The number of hydrogen-bond donors (Lipinski definition) is 2. The van der Waals surface area contributed by atoms with Crippen molar-refractivity contribution in [1.82, 2.24) is 15.5 Å². The molecule has 1 saturated carbocycles. The Labute approximate surface area is 190 Å². The molecule has 0 radical (unpaired) electrons. The van der Waals surface area contributed by atoms with E-state index in [9.17, 15) is 9.00 Å². The number of benzene rings is 1. The molecule has 0 bridgehead atoms. The summed E-state index contributed by atoms with van der Waals surface area (Å²) in [5, 5.41) is 7.14. The van der Waals surface area contributed by atoms with Gasteiger partial charge in [0.05, 0.1) is 0 Å². The van der Waals surface area contributed by atoms with E-state index in [0.717, 1.165) is 45.2 Å². The van der Waals surface area contributed by atoms with Crippen LogP contribution in [0.2, 0.25) is 0 Å². The SMILES string of the molecule is CCS(=O)C1CCCC(NC(=NCC(=O)N(C)C)NCCCN(C)c2ccccc2)C1. The summed E-state index contributed by atoms with van der Waals surface area (Å²) in [5.74, 6) is 1.35. The van der Waals surface area contributed by atoms with Crippen molar-refractivity contribution in [2.45, 2.75) is 50.3 Å². The summed E-state index contributed by atoms with van der Waals surface area (Å²) in [5.41, 5.74) is 1.20. The number of anilines is 1. The lowest BCUT2D eigenvalue weighted by Gasteiger charge is -2.30. The van der Waals surface area contributed by atoms with Crippen LogP contribution in [-0.2, 0) is 15.6 Å². The number of rotatable bonds is 10. The molecule has 0 heterocycles. The number of likely N-dealkylation sites (N-methyl/N-ethyl adjacent to an activating group) is 1. The molecular weight excluding hydrogens is 410 g/mol. The number of nitrogens with one attached hydrogen (secondary N) is 2. The molecule has 31 heavy (non-hydrogen) atoms. The van der Waals surface area contributed by atoms with E-state index in [1.165, 1.54) is 5.69 Å². The number of hydrogen-bond acceptors (Lipinski definition) is 4. The second-order valence-corrected chi connectivity index (χ2v) is 10.3. The molecule has 0 aliphatic heterocycles. The van der Waals surface area contributed by atoms with Gasteiger partial charge < -0.3 is 20.4 Å². The monoisotopic (exact) mass is 449 g/mol. The molecule has 0 aromatic heterocycles. The number of para-hydroxylation sites is 1. The maximum atomic E-state index is 12.3. The van der Waals surface area contributed by atoms with E-state index in [1.54, 1.807) is 19.0 Å². The summed E-state index contributed by atoms with van der Waals surface area (Å²) in [6, 6.07) is 10.6. The zero-order valence-electron chi connectivity index (χ0n) is 19.5. The van der Waals surface area contributed by atoms with Gasteiger partial charge in [0.25, 0.3) is 0 Å². The van der Waals surface area contributed by atoms with Crippen LogP contribution in [0.25, 0.3) is 0 Å². The fraction of sp³-hybridized carbons (Fsp3) is 0.652. The van der Waals surface area contributed by atoms with Gasteiger partial charge in [-0.25, -0.2) is 4.99 Å². The van der Waals surface area contributed by atoms with Crippen LogP contribution in [0.15, 0.2) is 35.3 Å². The van der Waals surface area contributed by atoms with Gasteiger partial charge >= 0.3 is 0 Å². The van der Waals surface area contributed by atoms with Crippen LogP contribution in [0.1, 0.15) is 39.0 Å². The van der Waals surface area contributed by atoms with Gasteiger partial charge in [-0.15, -0.1) is 0 Å². The highest BCUT2D eigenvalue weighted by Gasteiger charge is 2.26. The Hall–Kier alpha value is -2.09. The van der Waals surface area contributed by atoms with Crippen molar-refractivity contribution in [3.05, 3.63) is 30.3 Å². The zero-order valence-corrected chi connectivity index (χ0v) is 20.3. The third-order valence-corrected chi connectivity index (χ3v) is 7.39. The lowest BCUT2D eigenvalue weighted by molar-refractivity contribution is -0.127. The van der Waals surface area contributed by atoms with Crippen molar-refractivity contribution in [1.29, 1.82) is 0 Å². The first kappa shape index (κ1) is 25.2. The van der Waals surface area contributed by atoms with Gasteiger partial charge in [-0.2, -0.15) is 0 Å². The Bertz CT molecular complexity index is 726. The summed E-state index contributed by atoms with van der Waals surface area (Å²) in [4.78, 5) is 20.3. The van der Waals surface area contributed by atoms with Crippen LogP contribution < -0.4 is 15.5 Å². The van der Waals surface area contributed by atoms with Crippen LogP contribution in [-0.4, -0.2) is 78.8 Å². The van der Waals surface area contributed by atoms with Gasteiger partial charge in [-0.3, -0.25) is 9.00 Å². The number of carbonyl (C=O) groups is 1. The second-order valence-electron chi connectivity index (χ2n) is 8.29. The molecule has 1 aliphatic rings. The Morgan fingerprint density at radius 2 is 1.94 bits per heavy atom. The standard InChI is InChI=1S/C23H39N5O2S/c1-5-31(30)21-14-9-11-19(17-21)26-23(25-18-22(29)27(2)3)24-15-10-16-28(4)20-12-7-6-8-13-20/h6-8,12-13,19,21H,5,9-11,14-18H2,1-4H3,(H2,24,25,26). The molecule has 1 aliphatic carbocycles. The van der Waals surface area contributed by atoms with Crippen molar-refractivity contribution in [3.8, 4) is 0 Å². The van der Waals surface area contributed by atoms with Gasteiger partial charge in [0.15, 0.2) is 5.96 Å². The molecule has 8 heteroatoms. The van der Waals surface area contributed by atoms with Crippen molar-refractivity contribution < 1.29 is 9.00 Å². The topological polar surface area (TPSA) is 77.0 Å². The van der Waals surface area contributed by atoms with Crippen LogP contribution in [0.5, 0.6) is 0 Å². The molecule has 1 amide bonds. The minimum absolute atomic E-state index is 0.0291. The minimum atomic E-state index is -0.763. The molecule has 2 N–H and O–H groups in total. The van der Waals surface area contributed by atoms with E-state index >= 15 is 0 Å². The van der Waals surface area contributed by atoms with E-state index < -0.39 is 10.8 Å². The minimum Gasteiger partial charge on any atom is -0.375 e. The second kappa shape index (κ2) is 13.3. The highest BCUT2D eigenvalue weighted by Crippen LogP contribution is 2.23. The van der Waals surface area contributed by atoms with Crippen LogP contribution in [0.3, 0.4) is 0 Å². The number of nitrogens with zero attached hydrogens (tertiary/aromatic N) is 3. The van der Waals surface area contributed by atoms with Gasteiger partial charge in [-0.1, -0.05) is 31.5 Å². The normalized spacial score (nSPS) is 20.1. The third-order valence-electron chi connectivity index (χ3n) is 5.65. The summed E-state index contributed by atoms with van der Waals surface area (Å²) in [7, 11) is 4.81. The molecule has 0 saturated heterocycles. The van der Waals surface area contributed by atoms with Gasteiger partial charge in [0, 0.05) is 67.8 Å². The quantitative estimate of drug-likeness (QED) is 0.325. The summed E-state index contributed by atoms with van der Waals surface area (Å²) >= 11 is 0. The predicted octanol–water partition coefficient (Wildman–Crippen LogP) is 2.22. The average Bonchev–Trinajstić information content (AvgIpc) is 2.79. The highest BCUT2D eigenvalue weighted by molar-refractivity contribution is 7.85. The van der Waals surface area contributed by atoms with E-state index in [-0.39, 0.29) is 23.7 Å². The largest absolute Gasteiger partial charge is 0.375 e. The lowest BCUT2D eigenvalue weighted by atomic mass is 9.95. The Morgan fingerprint density at radius 3 is 2.61 bits per heavy atom. The predicted molar refractivity (Wildman–Crippen MR) is 131 cm³/mol. The summed E-state index contributed by atoms with van der Waals surface area (Å²) in [6.07, 6.45) is 4.97. The number of guanidine groups is 1. The zero-order chi connectivity index (χ0) is 22.6. The van der Waals surface area contributed by atoms with Crippen LogP contribution in [0, 0.1) is 0 Å². The first-order chi connectivity index (χ1) is 14.9. The number of amides is 1. The van der Waals surface area contributed by atoms with Gasteiger partial charge in [-0.05, 0) is 37.8 Å². The van der Waals surface area contributed by atoms with Gasteiger partial charge in [0.1, 0.15) is 6.54 Å². The fourth-order valence-electron chi connectivity index (χ4n) is 3.72. The molecule has 2 rings (SSSR count). The molecular formula is C23H39N5O2S. The van der Waals surface area contributed by atoms with Crippen molar-refractivity contribution >= 4 is 28.4 Å². The van der Waals surface area contributed by atoms with E-state index in [0.29, 0.717) is 11.7 Å². The number of carbonyl (C=O) groups excluding carboxylic acids is 1. The lowest BCUT2D eigenvalue weighted by Crippen LogP contribution is -2.47. The summed E-state index contributed by atoms with van der Waals surface area (Å²) < 4.78 is 12.3. The first-order valence-electron chi connectivity index (χ1n) is 11.3. The average molecular weight is 450 g/mol.